The quantitative estimate of drug-likeness (QED) is 0.595. The summed E-state index contributed by atoms with van der Waals surface area (Å²) >= 11 is 0. The highest BCUT2D eigenvalue weighted by Gasteiger charge is 2.29. The predicted molar refractivity (Wildman–Crippen MR) is 99.2 cm³/mol. The number of anilines is 1. The van der Waals surface area contributed by atoms with E-state index in [9.17, 15) is 14.4 Å². The Hall–Kier alpha value is -3.49. The number of amides is 1. The van der Waals surface area contributed by atoms with E-state index < -0.39 is 5.92 Å². The molecule has 138 valence electrons. The third kappa shape index (κ3) is 2.86. The zero-order valence-electron chi connectivity index (χ0n) is 14.7. The largest absolute Gasteiger partial charge is 0.369 e. The molecule has 1 amide bonds. The molecule has 0 radical (unpaired) electrons. The van der Waals surface area contributed by atoms with Gasteiger partial charge in [-0.15, -0.1) is 0 Å². The van der Waals surface area contributed by atoms with Gasteiger partial charge in [0.15, 0.2) is 0 Å². The second kappa shape index (κ2) is 6.35. The van der Waals surface area contributed by atoms with Crippen LogP contribution in [-0.4, -0.2) is 37.5 Å². The molecule has 3 heterocycles. The van der Waals surface area contributed by atoms with E-state index in [1.54, 1.807) is 36.1 Å². The van der Waals surface area contributed by atoms with Crippen molar-refractivity contribution >= 4 is 22.6 Å². The van der Waals surface area contributed by atoms with Crippen molar-refractivity contribution in [3.63, 3.8) is 0 Å². The lowest BCUT2D eigenvalue weighted by molar-refractivity contribution is -0.133. The third-order valence-corrected chi connectivity index (χ3v) is 4.91. The molecule has 0 bridgehead atoms. The second-order valence-corrected chi connectivity index (χ2v) is 6.59. The summed E-state index contributed by atoms with van der Waals surface area (Å²) in [6.45, 7) is 2.38. The Morgan fingerprint density at radius 2 is 1.96 bits per heavy atom. The van der Waals surface area contributed by atoms with E-state index in [1.165, 1.54) is 0 Å². The fourth-order valence-corrected chi connectivity index (χ4v) is 3.50. The fraction of sp³-hybridized carbons (Fsp3) is 0.278. The van der Waals surface area contributed by atoms with Crippen LogP contribution in [0.4, 0.5) is 5.95 Å². The van der Waals surface area contributed by atoms with E-state index in [-0.39, 0.29) is 29.5 Å². The van der Waals surface area contributed by atoms with E-state index in [0.717, 1.165) is 0 Å². The molecular weight excluding hydrogens is 348 g/mol. The van der Waals surface area contributed by atoms with Crippen molar-refractivity contribution < 1.29 is 4.79 Å². The van der Waals surface area contributed by atoms with Crippen molar-refractivity contribution in [1.82, 2.24) is 25.1 Å². The van der Waals surface area contributed by atoms with Crippen LogP contribution >= 0.6 is 0 Å². The number of nitrogens with zero attached hydrogens (tertiary/aromatic N) is 3. The summed E-state index contributed by atoms with van der Waals surface area (Å²) < 4.78 is 0. The molecule has 0 fully saturated rings. The maximum absolute atomic E-state index is 13.1. The van der Waals surface area contributed by atoms with Crippen molar-refractivity contribution in [2.24, 2.45) is 0 Å². The van der Waals surface area contributed by atoms with Gasteiger partial charge in [-0.3, -0.25) is 19.4 Å². The number of H-pyrrole nitrogens is 2. The van der Waals surface area contributed by atoms with Crippen molar-refractivity contribution in [1.29, 1.82) is 0 Å². The molecule has 3 aromatic rings. The van der Waals surface area contributed by atoms with Gasteiger partial charge in [0.05, 0.1) is 29.2 Å². The first-order valence-corrected chi connectivity index (χ1v) is 8.59. The minimum Gasteiger partial charge on any atom is -0.369 e. The van der Waals surface area contributed by atoms with E-state index in [1.807, 2.05) is 0 Å². The molecule has 2 aromatic heterocycles. The van der Waals surface area contributed by atoms with Gasteiger partial charge in [-0.2, -0.15) is 5.10 Å². The number of nitrogens with two attached hydrogens (primary N) is 1. The van der Waals surface area contributed by atoms with Gasteiger partial charge in [0, 0.05) is 17.5 Å². The van der Waals surface area contributed by atoms with Crippen LogP contribution in [0.3, 0.4) is 0 Å². The van der Waals surface area contributed by atoms with Crippen molar-refractivity contribution in [2.45, 2.75) is 25.8 Å². The number of hydrogen-bond acceptors (Lipinski definition) is 6. The lowest BCUT2D eigenvalue weighted by atomic mass is 9.98. The standard InChI is InChI=1S/C18H18N6O3/c1-9(14-10-4-2-3-5-11(10)16(26)23-22-14)17(27)24-7-6-12-13(8-24)20-18(19)21-15(12)25/h2-5,9H,6-8H2,1H3,(H,23,26)(H3,19,20,21,25)/t9-/m0/s1. The number of carbonyl (C=O) groups excluding carboxylic acids is 1. The smallest absolute Gasteiger partial charge is 0.272 e. The average molecular weight is 366 g/mol. The summed E-state index contributed by atoms with van der Waals surface area (Å²) in [5.74, 6) is -0.673. The Morgan fingerprint density at radius 3 is 2.74 bits per heavy atom. The molecule has 1 aromatic carbocycles. The minimum absolute atomic E-state index is 0.0365. The molecule has 9 heteroatoms. The van der Waals surface area contributed by atoms with Crippen molar-refractivity contribution in [2.75, 3.05) is 12.3 Å². The Balaban J connectivity index is 1.67. The highest BCUT2D eigenvalue weighted by molar-refractivity contribution is 5.91. The number of nitrogens with one attached hydrogen (secondary N) is 2. The summed E-state index contributed by atoms with van der Waals surface area (Å²) in [6.07, 6.45) is 0.413. The molecule has 0 spiro atoms. The van der Waals surface area contributed by atoms with Crippen LogP contribution in [0.2, 0.25) is 0 Å². The van der Waals surface area contributed by atoms with Gasteiger partial charge in [-0.1, -0.05) is 18.2 Å². The van der Waals surface area contributed by atoms with Crippen molar-refractivity contribution in [3.8, 4) is 0 Å². The summed E-state index contributed by atoms with van der Waals surface area (Å²) in [7, 11) is 0. The molecule has 4 N–H and O–H groups in total. The van der Waals surface area contributed by atoms with Crippen LogP contribution in [0.25, 0.3) is 10.8 Å². The molecule has 0 unspecified atom stereocenters. The topological polar surface area (TPSA) is 138 Å². The zero-order chi connectivity index (χ0) is 19.1. The van der Waals surface area contributed by atoms with Gasteiger partial charge in [0.2, 0.25) is 11.9 Å². The Morgan fingerprint density at radius 1 is 1.22 bits per heavy atom. The zero-order valence-corrected chi connectivity index (χ0v) is 14.7. The Kier molecular flexibility index (Phi) is 3.98. The fourth-order valence-electron chi connectivity index (χ4n) is 3.50. The predicted octanol–water partition coefficient (Wildman–Crippen LogP) is 0.277. The van der Waals surface area contributed by atoms with Gasteiger partial charge < -0.3 is 10.6 Å². The first-order valence-electron chi connectivity index (χ1n) is 8.59. The van der Waals surface area contributed by atoms with Crippen molar-refractivity contribution in [3.05, 3.63) is 61.9 Å². The molecule has 1 atom stereocenters. The van der Waals surface area contributed by atoms with E-state index >= 15 is 0 Å². The van der Waals surface area contributed by atoms with Crippen LogP contribution in [0, 0.1) is 0 Å². The second-order valence-electron chi connectivity index (χ2n) is 6.59. The Bertz CT molecular complexity index is 1170. The minimum atomic E-state index is -0.562. The maximum Gasteiger partial charge on any atom is 0.272 e. The van der Waals surface area contributed by atoms with Crippen LogP contribution in [0.1, 0.15) is 29.8 Å². The van der Waals surface area contributed by atoms with Gasteiger partial charge in [0.25, 0.3) is 11.1 Å². The first kappa shape index (κ1) is 17.0. The molecule has 1 aliphatic heterocycles. The number of nitrogen functional groups attached to an aromatic ring is 1. The molecule has 0 saturated heterocycles. The van der Waals surface area contributed by atoms with Crippen LogP contribution in [-0.2, 0) is 17.8 Å². The first-order chi connectivity index (χ1) is 13.0. The van der Waals surface area contributed by atoms with Gasteiger partial charge in [-0.05, 0) is 19.4 Å². The summed E-state index contributed by atoms with van der Waals surface area (Å²) in [5.41, 5.74) is 6.66. The third-order valence-electron chi connectivity index (χ3n) is 4.91. The normalized spacial score (nSPS) is 14.8. The molecule has 4 rings (SSSR count). The van der Waals surface area contributed by atoms with Gasteiger partial charge >= 0.3 is 0 Å². The average Bonchev–Trinajstić information content (AvgIpc) is 2.67. The molecule has 0 saturated carbocycles. The lowest BCUT2D eigenvalue weighted by Gasteiger charge is -2.29. The highest BCUT2D eigenvalue weighted by Crippen LogP contribution is 2.25. The molecule has 9 nitrogen and oxygen atoms in total. The molecule has 0 aliphatic carbocycles. The number of benzene rings is 1. The SMILES string of the molecule is C[C@H](C(=O)N1CCc2c(nc(N)[nH]c2=O)C1)c1n[nH]c(=O)c2ccccc12. The molecule has 1 aliphatic rings. The van der Waals surface area contributed by atoms with Gasteiger partial charge in [-0.25, -0.2) is 10.1 Å². The number of rotatable bonds is 2. The highest BCUT2D eigenvalue weighted by atomic mass is 16.2. The van der Waals surface area contributed by atoms with Gasteiger partial charge in [0.1, 0.15) is 0 Å². The van der Waals surface area contributed by atoms with Crippen LogP contribution in [0.15, 0.2) is 33.9 Å². The lowest BCUT2D eigenvalue weighted by Crippen LogP contribution is -2.41. The molecular formula is C18H18N6O3. The maximum atomic E-state index is 13.1. The van der Waals surface area contributed by atoms with Crippen LogP contribution in [0.5, 0.6) is 0 Å². The Labute approximate surface area is 153 Å². The number of hydrogen-bond donors (Lipinski definition) is 3. The monoisotopic (exact) mass is 366 g/mol. The summed E-state index contributed by atoms with van der Waals surface area (Å²) in [6, 6.07) is 7.06. The van der Waals surface area contributed by atoms with Crippen LogP contribution < -0.4 is 16.9 Å². The summed E-state index contributed by atoms with van der Waals surface area (Å²) in [5, 5.41) is 7.72. The number of aromatic amines is 2. The van der Waals surface area contributed by atoms with E-state index in [2.05, 4.69) is 20.2 Å². The summed E-state index contributed by atoms with van der Waals surface area (Å²) in [4.78, 5) is 45.3. The number of aromatic nitrogens is 4. The number of carbonyl (C=O) groups is 1. The number of fused-ring (bicyclic) bond motifs is 2. The molecule has 27 heavy (non-hydrogen) atoms. The van der Waals surface area contributed by atoms with E-state index in [0.29, 0.717) is 40.7 Å². The van der Waals surface area contributed by atoms with E-state index in [4.69, 9.17) is 5.73 Å².